The molecule has 1 aliphatic rings. The standard InChI is InChI=1S/C19H19F2N5O2/c1-12(14-3-2-4-16(7-14)28-19(20)21)27-17-9-22-8-15(24-17)10-26-11-23-18(25-26)13-5-6-13/h2-4,7-9,11-13,19H,5-6,10H2,1H3. The Morgan fingerprint density at radius 3 is 2.86 bits per heavy atom. The molecule has 0 N–H and O–H groups in total. The maximum atomic E-state index is 12.4. The number of nitrogens with zero attached hydrogens (tertiary/aromatic N) is 5. The van der Waals surface area contributed by atoms with Gasteiger partial charge in [0, 0.05) is 5.92 Å². The Morgan fingerprint density at radius 1 is 1.21 bits per heavy atom. The molecule has 0 aliphatic heterocycles. The van der Waals surface area contributed by atoms with Crippen molar-refractivity contribution in [1.29, 1.82) is 0 Å². The number of rotatable bonds is 8. The lowest BCUT2D eigenvalue weighted by atomic mass is 10.1. The summed E-state index contributed by atoms with van der Waals surface area (Å²) in [5, 5.41) is 4.46. The Morgan fingerprint density at radius 2 is 2.07 bits per heavy atom. The molecular formula is C19H19F2N5O2. The van der Waals surface area contributed by atoms with Gasteiger partial charge in [0.05, 0.1) is 24.6 Å². The molecule has 7 nitrogen and oxygen atoms in total. The Balaban J connectivity index is 1.42. The first-order valence-corrected chi connectivity index (χ1v) is 8.98. The van der Waals surface area contributed by atoms with E-state index in [0.29, 0.717) is 29.6 Å². The summed E-state index contributed by atoms with van der Waals surface area (Å²) in [6.07, 6.45) is 6.73. The zero-order valence-corrected chi connectivity index (χ0v) is 15.2. The van der Waals surface area contributed by atoms with Gasteiger partial charge in [0.25, 0.3) is 0 Å². The molecule has 1 aliphatic carbocycles. The van der Waals surface area contributed by atoms with E-state index in [1.54, 1.807) is 36.3 Å². The molecule has 1 unspecified atom stereocenters. The summed E-state index contributed by atoms with van der Waals surface area (Å²) in [4.78, 5) is 12.9. The molecule has 3 aromatic rings. The zero-order valence-electron chi connectivity index (χ0n) is 15.2. The molecule has 2 aromatic heterocycles. The van der Waals surface area contributed by atoms with E-state index in [9.17, 15) is 8.78 Å². The molecule has 1 atom stereocenters. The summed E-state index contributed by atoms with van der Waals surface area (Å²) in [5.74, 6) is 1.79. The van der Waals surface area contributed by atoms with Crippen LogP contribution in [0.15, 0.2) is 43.0 Å². The van der Waals surface area contributed by atoms with Gasteiger partial charge in [-0.1, -0.05) is 12.1 Å². The van der Waals surface area contributed by atoms with Crippen LogP contribution in [0.1, 0.15) is 48.9 Å². The molecule has 28 heavy (non-hydrogen) atoms. The summed E-state index contributed by atoms with van der Waals surface area (Å²) >= 11 is 0. The number of alkyl halides is 2. The largest absolute Gasteiger partial charge is 0.469 e. The molecular weight excluding hydrogens is 368 g/mol. The van der Waals surface area contributed by atoms with Crippen molar-refractivity contribution in [3.63, 3.8) is 0 Å². The second-order valence-corrected chi connectivity index (χ2v) is 6.63. The smallest absolute Gasteiger partial charge is 0.387 e. The highest BCUT2D eigenvalue weighted by Gasteiger charge is 2.27. The highest BCUT2D eigenvalue weighted by molar-refractivity contribution is 5.30. The molecule has 1 aromatic carbocycles. The number of benzene rings is 1. The topological polar surface area (TPSA) is 75.0 Å². The highest BCUT2D eigenvalue weighted by atomic mass is 19.3. The van der Waals surface area contributed by atoms with E-state index in [1.807, 2.05) is 0 Å². The van der Waals surface area contributed by atoms with Gasteiger partial charge >= 0.3 is 6.61 Å². The van der Waals surface area contributed by atoms with E-state index in [-0.39, 0.29) is 5.75 Å². The van der Waals surface area contributed by atoms with Crippen molar-refractivity contribution in [2.75, 3.05) is 0 Å². The Labute approximate surface area is 160 Å². The third kappa shape index (κ3) is 4.59. The minimum Gasteiger partial charge on any atom is -0.469 e. The van der Waals surface area contributed by atoms with Gasteiger partial charge in [-0.25, -0.2) is 14.6 Å². The molecule has 0 amide bonds. The minimum atomic E-state index is -2.87. The van der Waals surface area contributed by atoms with E-state index in [4.69, 9.17) is 4.74 Å². The van der Waals surface area contributed by atoms with Gasteiger partial charge in [0.2, 0.25) is 5.88 Å². The first kappa shape index (κ1) is 18.3. The molecule has 1 fully saturated rings. The van der Waals surface area contributed by atoms with Crippen molar-refractivity contribution >= 4 is 0 Å². The van der Waals surface area contributed by atoms with Gasteiger partial charge < -0.3 is 9.47 Å². The summed E-state index contributed by atoms with van der Waals surface area (Å²) < 4.78 is 36.8. The van der Waals surface area contributed by atoms with Crippen LogP contribution in [0.3, 0.4) is 0 Å². The fourth-order valence-electron chi connectivity index (χ4n) is 2.79. The predicted molar refractivity (Wildman–Crippen MR) is 95.2 cm³/mol. The second-order valence-electron chi connectivity index (χ2n) is 6.63. The average molecular weight is 387 g/mol. The van der Waals surface area contributed by atoms with Crippen molar-refractivity contribution in [3.05, 3.63) is 60.1 Å². The van der Waals surface area contributed by atoms with Crippen molar-refractivity contribution in [2.45, 2.75) is 44.9 Å². The van der Waals surface area contributed by atoms with E-state index < -0.39 is 12.7 Å². The lowest BCUT2D eigenvalue weighted by molar-refractivity contribution is -0.0499. The summed E-state index contributed by atoms with van der Waals surface area (Å²) in [7, 11) is 0. The first-order chi connectivity index (χ1) is 13.6. The van der Waals surface area contributed by atoms with Gasteiger partial charge in [0.1, 0.15) is 18.2 Å². The van der Waals surface area contributed by atoms with Crippen LogP contribution in [-0.2, 0) is 6.54 Å². The zero-order chi connectivity index (χ0) is 19.5. The summed E-state index contributed by atoms with van der Waals surface area (Å²) in [5.41, 5.74) is 1.38. The first-order valence-electron chi connectivity index (χ1n) is 8.98. The Bertz CT molecular complexity index is 945. The van der Waals surface area contributed by atoms with Gasteiger partial charge in [-0.3, -0.25) is 4.98 Å². The molecule has 2 heterocycles. The fraction of sp³-hybridized carbons (Fsp3) is 0.368. The van der Waals surface area contributed by atoms with Crippen LogP contribution < -0.4 is 9.47 Å². The van der Waals surface area contributed by atoms with E-state index in [2.05, 4.69) is 24.8 Å². The molecule has 1 saturated carbocycles. The fourth-order valence-corrected chi connectivity index (χ4v) is 2.79. The normalized spacial score (nSPS) is 14.9. The van der Waals surface area contributed by atoms with Gasteiger partial charge in [-0.15, -0.1) is 0 Å². The molecule has 4 rings (SSSR count). The van der Waals surface area contributed by atoms with Gasteiger partial charge in [-0.2, -0.15) is 13.9 Å². The molecule has 0 radical (unpaired) electrons. The molecule has 9 heteroatoms. The molecule has 0 spiro atoms. The van der Waals surface area contributed by atoms with Gasteiger partial charge in [-0.05, 0) is 37.5 Å². The van der Waals surface area contributed by atoms with Crippen LogP contribution in [0.4, 0.5) is 8.78 Å². The monoisotopic (exact) mass is 387 g/mol. The van der Waals surface area contributed by atoms with E-state index in [1.165, 1.54) is 18.3 Å². The van der Waals surface area contributed by atoms with Crippen molar-refractivity contribution in [3.8, 4) is 11.6 Å². The van der Waals surface area contributed by atoms with Crippen LogP contribution in [0.5, 0.6) is 11.6 Å². The SMILES string of the molecule is CC(Oc1cncc(Cn2cnc(C3CC3)n2)n1)c1cccc(OC(F)F)c1. The second kappa shape index (κ2) is 7.87. The van der Waals surface area contributed by atoms with Crippen LogP contribution in [0, 0.1) is 0 Å². The summed E-state index contributed by atoms with van der Waals surface area (Å²) in [6, 6.07) is 6.39. The number of hydrogen-bond donors (Lipinski definition) is 0. The maximum absolute atomic E-state index is 12.4. The number of halogens is 2. The Hall–Kier alpha value is -3.10. The van der Waals surface area contributed by atoms with Crippen LogP contribution >= 0.6 is 0 Å². The third-order valence-corrected chi connectivity index (χ3v) is 4.33. The highest BCUT2D eigenvalue weighted by Crippen LogP contribution is 2.37. The maximum Gasteiger partial charge on any atom is 0.387 e. The molecule has 0 saturated heterocycles. The van der Waals surface area contributed by atoms with Crippen molar-refractivity contribution in [2.24, 2.45) is 0 Å². The van der Waals surface area contributed by atoms with Crippen LogP contribution in [-0.4, -0.2) is 31.3 Å². The van der Waals surface area contributed by atoms with Crippen LogP contribution in [0.2, 0.25) is 0 Å². The van der Waals surface area contributed by atoms with Gasteiger partial charge in [0.15, 0.2) is 5.82 Å². The van der Waals surface area contributed by atoms with Crippen molar-refractivity contribution < 1.29 is 18.3 Å². The van der Waals surface area contributed by atoms with Crippen molar-refractivity contribution in [1.82, 2.24) is 24.7 Å². The number of aromatic nitrogens is 5. The average Bonchev–Trinajstić information content (AvgIpc) is 3.41. The molecule has 0 bridgehead atoms. The van der Waals surface area contributed by atoms with Crippen LogP contribution in [0.25, 0.3) is 0 Å². The summed E-state index contributed by atoms with van der Waals surface area (Å²) in [6.45, 7) is -0.628. The van der Waals surface area contributed by atoms with E-state index in [0.717, 1.165) is 18.7 Å². The third-order valence-electron chi connectivity index (χ3n) is 4.33. The minimum absolute atomic E-state index is 0.0837. The lowest BCUT2D eigenvalue weighted by Gasteiger charge is -2.15. The van der Waals surface area contributed by atoms with E-state index >= 15 is 0 Å². The number of hydrogen-bond acceptors (Lipinski definition) is 6. The predicted octanol–water partition coefficient (Wildman–Crippen LogP) is 3.74. The number of ether oxygens (including phenoxy) is 2. The quantitative estimate of drug-likeness (QED) is 0.586. The lowest BCUT2D eigenvalue weighted by Crippen LogP contribution is -2.08. The molecule has 146 valence electrons. The Kier molecular flexibility index (Phi) is 5.14.